The highest BCUT2D eigenvalue weighted by Crippen LogP contribution is 2.21. The zero-order chi connectivity index (χ0) is 12.5. The molecule has 0 bridgehead atoms. The fourth-order valence-corrected chi connectivity index (χ4v) is 2.30. The van der Waals surface area contributed by atoms with Crippen LogP contribution in [0.5, 0.6) is 0 Å². The normalized spacial score (nSPS) is 11.0. The van der Waals surface area contributed by atoms with Gasteiger partial charge in [-0.1, -0.05) is 24.3 Å². The fraction of sp³-hybridized carbons (Fsp3) is 0.0769. The van der Waals surface area contributed by atoms with Gasteiger partial charge in [0.2, 0.25) is 0 Å². The Morgan fingerprint density at radius 3 is 2.83 bits per heavy atom. The van der Waals surface area contributed by atoms with Crippen molar-refractivity contribution in [3.05, 3.63) is 52.0 Å². The minimum atomic E-state index is -0.0732. The van der Waals surface area contributed by atoms with Gasteiger partial charge in [0.25, 0.3) is 0 Å². The Morgan fingerprint density at radius 2 is 2.11 bits per heavy atom. The van der Waals surface area contributed by atoms with Crippen molar-refractivity contribution in [1.82, 2.24) is 14.8 Å². The number of nitrogens with zero attached hydrogens (tertiary/aromatic N) is 3. The molecule has 2 aromatic heterocycles. The van der Waals surface area contributed by atoms with E-state index in [1.54, 1.807) is 10.9 Å². The Bertz CT molecular complexity index is 708. The molecule has 0 aliphatic heterocycles. The van der Waals surface area contributed by atoms with E-state index in [0.717, 1.165) is 20.2 Å². The Balaban J connectivity index is 2.32. The highest BCUT2D eigenvalue weighted by atomic mass is 127. The average molecular weight is 351 g/mol. The summed E-state index contributed by atoms with van der Waals surface area (Å²) >= 11 is 2.21. The molecule has 0 radical (unpaired) electrons. The van der Waals surface area contributed by atoms with Crippen molar-refractivity contribution in [1.29, 1.82) is 0 Å². The van der Waals surface area contributed by atoms with Crippen molar-refractivity contribution in [3.63, 3.8) is 0 Å². The molecule has 0 atom stereocenters. The van der Waals surface area contributed by atoms with Crippen molar-refractivity contribution in [2.45, 2.75) is 6.61 Å². The fourth-order valence-electron chi connectivity index (χ4n) is 1.91. The number of aliphatic hydroxyl groups excluding tert-OH is 1. The van der Waals surface area contributed by atoms with E-state index in [-0.39, 0.29) is 6.61 Å². The Labute approximate surface area is 117 Å². The number of hydrogen-bond acceptors (Lipinski definition) is 3. The summed E-state index contributed by atoms with van der Waals surface area (Å²) in [6, 6.07) is 9.86. The highest BCUT2D eigenvalue weighted by molar-refractivity contribution is 14.1. The molecule has 3 aromatic rings. The van der Waals surface area contributed by atoms with Crippen LogP contribution in [0.3, 0.4) is 0 Å². The van der Waals surface area contributed by atoms with Gasteiger partial charge in [0, 0.05) is 11.6 Å². The summed E-state index contributed by atoms with van der Waals surface area (Å²) < 4.78 is 2.79. The highest BCUT2D eigenvalue weighted by Gasteiger charge is 2.08. The van der Waals surface area contributed by atoms with Gasteiger partial charge in [-0.15, -0.1) is 0 Å². The van der Waals surface area contributed by atoms with Crippen LogP contribution in [0, 0.1) is 3.57 Å². The first-order chi connectivity index (χ1) is 8.78. The van der Waals surface area contributed by atoms with E-state index in [0.29, 0.717) is 5.69 Å². The van der Waals surface area contributed by atoms with E-state index in [1.807, 2.05) is 36.5 Å². The van der Waals surface area contributed by atoms with E-state index in [1.165, 1.54) is 0 Å². The minimum absolute atomic E-state index is 0.0732. The van der Waals surface area contributed by atoms with Crippen molar-refractivity contribution in [2.24, 2.45) is 0 Å². The molecule has 0 amide bonds. The first-order valence-electron chi connectivity index (χ1n) is 5.48. The number of aliphatic hydroxyl groups is 1. The second-order valence-corrected chi connectivity index (χ2v) is 5.17. The maximum absolute atomic E-state index is 9.28. The average Bonchev–Trinajstić information content (AvgIpc) is 2.84. The number of benzene rings is 1. The molecule has 1 N–H and O–H groups in total. The van der Waals surface area contributed by atoms with Crippen LogP contribution >= 0.6 is 22.6 Å². The summed E-state index contributed by atoms with van der Waals surface area (Å²) in [6.45, 7) is -0.0732. The lowest BCUT2D eigenvalue weighted by molar-refractivity contribution is 0.277. The largest absolute Gasteiger partial charge is 0.390 e. The topological polar surface area (TPSA) is 50.9 Å². The molecule has 0 saturated carbocycles. The van der Waals surface area contributed by atoms with Gasteiger partial charge in [-0.2, -0.15) is 5.10 Å². The molecular formula is C13H10IN3O. The van der Waals surface area contributed by atoms with Crippen LogP contribution in [-0.2, 0) is 6.61 Å². The second-order valence-electron chi connectivity index (χ2n) is 3.92. The summed E-state index contributed by atoms with van der Waals surface area (Å²) in [5, 5.41) is 15.6. The third-order valence-corrected chi connectivity index (χ3v) is 3.26. The summed E-state index contributed by atoms with van der Waals surface area (Å²) in [5.41, 5.74) is 0.647. The molecule has 1 aromatic carbocycles. The molecule has 0 aliphatic carbocycles. The van der Waals surface area contributed by atoms with E-state index in [2.05, 4.69) is 32.7 Å². The molecule has 0 aliphatic rings. The lowest BCUT2D eigenvalue weighted by Crippen LogP contribution is -2.02. The first-order valence-corrected chi connectivity index (χ1v) is 6.56. The maximum atomic E-state index is 9.28. The van der Waals surface area contributed by atoms with E-state index in [4.69, 9.17) is 0 Å². The lowest BCUT2D eigenvalue weighted by atomic mass is 10.1. The van der Waals surface area contributed by atoms with Crippen LogP contribution in [0.1, 0.15) is 5.69 Å². The smallest absolute Gasteiger partial charge is 0.161 e. The zero-order valence-corrected chi connectivity index (χ0v) is 11.6. The number of halogens is 1. The van der Waals surface area contributed by atoms with Crippen molar-refractivity contribution < 1.29 is 5.11 Å². The summed E-state index contributed by atoms with van der Waals surface area (Å²) in [5.74, 6) is 0.750. The molecule has 3 rings (SSSR count). The van der Waals surface area contributed by atoms with Gasteiger partial charge < -0.3 is 5.11 Å². The molecule has 0 fully saturated rings. The Hall–Kier alpha value is -1.47. The first kappa shape index (κ1) is 11.6. The standard InChI is InChI=1S/C13H10IN3O/c14-10-6-15-17(7-10)13-12-4-2-1-3-9(12)5-11(8-18)16-13/h1-7,18H,8H2. The number of rotatable bonds is 2. The molecule has 5 heteroatoms. The van der Waals surface area contributed by atoms with Gasteiger partial charge in [0.1, 0.15) is 0 Å². The monoisotopic (exact) mass is 351 g/mol. The van der Waals surface area contributed by atoms with E-state index in [9.17, 15) is 5.11 Å². The van der Waals surface area contributed by atoms with Gasteiger partial charge in [-0.25, -0.2) is 9.67 Å². The zero-order valence-electron chi connectivity index (χ0n) is 9.42. The third kappa shape index (κ3) is 1.99. The number of pyridine rings is 1. The van der Waals surface area contributed by atoms with Crippen LogP contribution in [-0.4, -0.2) is 19.9 Å². The second kappa shape index (κ2) is 4.66. The summed E-state index contributed by atoms with van der Waals surface area (Å²) in [6.07, 6.45) is 3.69. The van der Waals surface area contributed by atoms with E-state index >= 15 is 0 Å². The van der Waals surface area contributed by atoms with Crippen molar-refractivity contribution in [2.75, 3.05) is 0 Å². The molecule has 0 saturated heterocycles. The van der Waals surface area contributed by atoms with Crippen LogP contribution < -0.4 is 0 Å². The molecule has 90 valence electrons. The predicted molar refractivity (Wildman–Crippen MR) is 77.5 cm³/mol. The SMILES string of the molecule is OCc1cc2ccccc2c(-n2cc(I)cn2)n1. The van der Waals surface area contributed by atoms with Crippen LogP contribution in [0.25, 0.3) is 16.6 Å². The van der Waals surface area contributed by atoms with E-state index < -0.39 is 0 Å². The van der Waals surface area contributed by atoms with Gasteiger partial charge in [0.05, 0.1) is 22.1 Å². The quantitative estimate of drug-likeness (QED) is 0.722. The van der Waals surface area contributed by atoms with Crippen LogP contribution in [0.4, 0.5) is 0 Å². The molecule has 18 heavy (non-hydrogen) atoms. The summed E-state index contributed by atoms with van der Waals surface area (Å²) in [7, 11) is 0. The predicted octanol–water partition coefficient (Wildman–Crippen LogP) is 2.52. The molecule has 0 unspecified atom stereocenters. The van der Waals surface area contributed by atoms with Crippen LogP contribution in [0.15, 0.2) is 42.7 Å². The third-order valence-electron chi connectivity index (χ3n) is 2.70. The lowest BCUT2D eigenvalue weighted by Gasteiger charge is -2.07. The van der Waals surface area contributed by atoms with Crippen molar-refractivity contribution >= 4 is 33.4 Å². The maximum Gasteiger partial charge on any atom is 0.161 e. The van der Waals surface area contributed by atoms with Crippen molar-refractivity contribution in [3.8, 4) is 5.82 Å². The molecule has 2 heterocycles. The molecule has 0 spiro atoms. The van der Waals surface area contributed by atoms with Gasteiger partial charge in [0.15, 0.2) is 5.82 Å². The minimum Gasteiger partial charge on any atom is -0.390 e. The van der Waals surface area contributed by atoms with Crippen LogP contribution in [0.2, 0.25) is 0 Å². The molecule has 4 nitrogen and oxygen atoms in total. The number of aromatic nitrogens is 3. The number of fused-ring (bicyclic) bond motifs is 1. The Kier molecular flexibility index (Phi) is 3.00. The Morgan fingerprint density at radius 1 is 1.28 bits per heavy atom. The summed E-state index contributed by atoms with van der Waals surface area (Å²) in [4.78, 5) is 4.45. The number of hydrogen-bond donors (Lipinski definition) is 1. The van der Waals surface area contributed by atoms with Gasteiger partial charge in [-0.3, -0.25) is 0 Å². The van der Waals surface area contributed by atoms with Gasteiger partial charge in [-0.05, 0) is 34.0 Å². The van der Waals surface area contributed by atoms with Gasteiger partial charge >= 0.3 is 0 Å². The molecular weight excluding hydrogens is 341 g/mol.